The molecule has 0 saturated heterocycles. The van der Waals surface area contributed by atoms with Crippen LogP contribution in [0.1, 0.15) is 10.5 Å². The molecule has 3 aromatic rings. The number of carboxylic acid groups (broad SMARTS) is 1. The van der Waals surface area contributed by atoms with Crippen molar-refractivity contribution < 1.29 is 14.3 Å². The average molecular weight is 350 g/mol. The Bertz CT molecular complexity index is 764. The Labute approximate surface area is 126 Å². The summed E-state index contributed by atoms with van der Waals surface area (Å²) >= 11 is 4.65. The SMILES string of the molecule is O=C(O)c1nc(-c2occc2Br)sc1-c1ccccc1. The van der Waals surface area contributed by atoms with E-state index in [1.165, 1.54) is 17.6 Å². The number of nitrogens with zero attached hydrogens (tertiary/aromatic N) is 1. The molecule has 0 unspecified atom stereocenters. The van der Waals surface area contributed by atoms with Crippen LogP contribution in [-0.2, 0) is 0 Å². The zero-order valence-electron chi connectivity index (χ0n) is 10.0. The Morgan fingerprint density at radius 1 is 1.25 bits per heavy atom. The first kappa shape index (κ1) is 13.1. The number of hydrogen-bond acceptors (Lipinski definition) is 4. The highest BCUT2D eigenvalue weighted by molar-refractivity contribution is 9.10. The van der Waals surface area contributed by atoms with Gasteiger partial charge in [0.15, 0.2) is 16.5 Å². The van der Waals surface area contributed by atoms with Crippen LogP contribution in [0.3, 0.4) is 0 Å². The molecule has 2 heterocycles. The molecule has 1 N–H and O–H groups in total. The van der Waals surface area contributed by atoms with Crippen LogP contribution < -0.4 is 0 Å². The van der Waals surface area contributed by atoms with Gasteiger partial charge < -0.3 is 9.52 Å². The first-order chi connectivity index (χ1) is 9.66. The highest BCUT2D eigenvalue weighted by Gasteiger charge is 2.21. The van der Waals surface area contributed by atoms with Gasteiger partial charge in [-0.2, -0.15) is 0 Å². The van der Waals surface area contributed by atoms with Gasteiger partial charge in [-0.05, 0) is 27.6 Å². The average Bonchev–Trinajstić information content (AvgIpc) is 3.05. The van der Waals surface area contributed by atoms with Crippen molar-refractivity contribution in [2.45, 2.75) is 0 Å². The van der Waals surface area contributed by atoms with E-state index in [0.717, 1.165) is 10.0 Å². The van der Waals surface area contributed by atoms with Gasteiger partial charge in [0.2, 0.25) is 0 Å². The molecule has 0 spiro atoms. The van der Waals surface area contributed by atoms with E-state index in [-0.39, 0.29) is 5.69 Å². The second-order valence-corrected chi connectivity index (χ2v) is 5.82. The normalized spacial score (nSPS) is 10.7. The fourth-order valence-electron chi connectivity index (χ4n) is 1.79. The van der Waals surface area contributed by atoms with Crippen LogP contribution in [0.5, 0.6) is 0 Å². The van der Waals surface area contributed by atoms with Gasteiger partial charge in [0, 0.05) is 0 Å². The Morgan fingerprint density at radius 3 is 2.60 bits per heavy atom. The number of halogens is 1. The summed E-state index contributed by atoms with van der Waals surface area (Å²) in [5, 5.41) is 9.85. The molecule has 0 aliphatic rings. The molecule has 0 aliphatic heterocycles. The lowest BCUT2D eigenvalue weighted by molar-refractivity contribution is 0.0692. The first-order valence-electron chi connectivity index (χ1n) is 5.69. The maximum atomic E-state index is 11.4. The number of carboxylic acids is 1. The van der Waals surface area contributed by atoms with Crippen molar-refractivity contribution in [3.8, 4) is 21.2 Å². The standard InChI is InChI=1S/C14H8BrNO3S/c15-9-6-7-19-11(9)13-16-10(14(17)18)12(20-13)8-4-2-1-3-5-8/h1-7H,(H,17,18). The molecule has 0 saturated carbocycles. The van der Waals surface area contributed by atoms with E-state index >= 15 is 0 Å². The zero-order chi connectivity index (χ0) is 14.1. The second-order valence-electron chi connectivity index (χ2n) is 3.97. The monoisotopic (exact) mass is 349 g/mol. The van der Waals surface area contributed by atoms with Crippen LogP contribution >= 0.6 is 27.3 Å². The maximum absolute atomic E-state index is 11.4. The Kier molecular flexibility index (Phi) is 3.42. The number of aromatic carboxylic acids is 1. The predicted octanol–water partition coefficient (Wildman–Crippen LogP) is 4.53. The van der Waals surface area contributed by atoms with Gasteiger partial charge in [0.05, 0.1) is 15.6 Å². The molecular formula is C14H8BrNO3S. The number of benzene rings is 1. The largest absolute Gasteiger partial charge is 0.476 e. The smallest absolute Gasteiger partial charge is 0.356 e. The molecule has 0 amide bonds. The predicted molar refractivity (Wildman–Crippen MR) is 79.9 cm³/mol. The van der Waals surface area contributed by atoms with E-state index < -0.39 is 5.97 Å². The molecule has 0 fully saturated rings. The van der Waals surface area contributed by atoms with Gasteiger partial charge >= 0.3 is 5.97 Å². The number of rotatable bonds is 3. The van der Waals surface area contributed by atoms with Crippen molar-refractivity contribution in [1.29, 1.82) is 0 Å². The summed E-state index contributed by atoms with van der Waals surface area (Å²) in [5.41, 5.74) is 0.871. The second kappa shape index (κ2) is 5.22. The molecule has 6 heteroatoms. The molecule has 4 nitrogen and oxygen atoms in total. The molecular weight excluding hydrogens is 342 g/mol. The molecule has 100 valence electrons. The third-order valence-electron chi connectivity index (χ3n) is 2.68. The van der Waals surface area contributed by atoms with Gasteiger partial charge in [-0.1, -0.05) is 30.3 Å². The first-order valence-corrected chi connectivity index (χ1v) is 7.30. The van der Waals surface area contributed by atoms with E-state index in [4.69, 9.17) is 4.42 Å². The van der Waals surface area contributed by atoms with Crippen LogP contribution in [0.2, 0.25) is 0 Å². The van der Waals surface area contributed by atoms with Crippen molar-refractivity contribution in [2.75, 3.05) is 0 Å². The fraction of sp³-hybridized carbons (Fsp3) is 0. The molecule has 3 rings (SSSR count). The number of carbonyl (C=O) groups is 1. The Morgan fingerprint density at radius 2 is 2.00 bits per heavy atom. The van der Waals surface area contributed by atoms with Gasteiger partial charge in [-0.15, -0.1) is 11.3 Å². The van der Waals surface area contributed by atoms with E-state index in [1.807, 2.05) is 30.3 Å². The molecule has 0 radical (unpaired) electrons. The number of aromatic nitrogens is 1. The molecule has 0 aliphatic carbocycles. The quantitative estimate of drug-likeness (QED) is 0.754. The summed E-state index contributed by atoms with van der Waals surface area (Å²) in [4.78, 5) is 16.2. The van der Waals surface area contributed by atoms with Crippen molar-refractivity contribution in [1.82, 2.24) is 4.98 Å². The highest BCUT2D eigenvalue weighted by atomic mass is 79.9. The summed E-state index contributed by atoms with van der Waals surface area (Å²) in [7, 11) is 0. The maximum Gasteiger partial charge on any atom is 0.356 e. The van der Waals surface area contributed by atoms with Gasteiger partial charge in [-0.3, -0.25) is 0 Å². The van der Waals surface area contributed by atoms with Crippen molar-refractivity contribution >= 4 is 33.2 Å². The third-order valence-corrected chi connectivity index (χ3v) is 4.40. The summed E-state index contributed by atoms with van der Waals surface area (Å²) in [6, 6.07) is 11.1. The van der Waals surface area contributed by atoms with Crippen molar-refractivity contribution in [3.63, 3.8) is 0 Å². The van der Waals surface area contributed by atoms with Crippen molar-refractivity contribution in [3.05, 3.63) is 52.8 Å². The number of hydrogen-bond donors (Lipinski definition) is 1. The van der Waals surface area contributed by atoms with Gasteiger partial charge in [-0.25, -0.2) is 9.78 Å². The lowest BCUT2D eigenvalue weighted by atomic mass is 10.1. The Balaban J connectivity index is 2.18. The van der Waals surface area contributed by atoms with E-state index in [9.17, 15) is 9.90 Å². The van der Waals surface area contributed by atoms with Crippen LogP contribution in [-0.4, -0.2) is 16.1 Å². The molecule has 0 bridgehead atoms. The lowest BCUT2D eigenvalue weighted by Gasteiger charge is -1.97. The van der Waals surface area contributed by atoms with Gasteiger partial charge in [0.1, 0.15) is 0 Å². The minimum atomic E-state index is -1.05. The molecule has 2 aromatic heterocycles. The minimum absolute atomic E-state index is 0.0412. The van der Waals surface area contributed by atoms with Crippen LogP contribution in [0.15, 0.2) is 51.6 Å². The molecule has 0 atom stereocenters. The van der Waals surface area contributed by atoms with Gasteiger partial charge in [0.25, 0.3) is 0 Å². The van der Waals surface area contributed by atoms with E-state index in [2.05, 4.69) is 20.9 Å². The number of furan rings is 1. The zero-order valence-corrected chi connectivity index (χ0v) is 12.4. The van der Waals surface area contributed by atoms with Crippen LogP contribution in [0.4, 0.5) is 0 Å². The lowest BCUT2D eigenvalue weighted by Crippen LogP contribution is -1.98. The fourth-order valence-corrected chi connectivity index (χ4v) is 3.38. The molecule has 20 heavy (non-hydrogen) atoms. The molecule has 1 aromatic carbocycles. The topological polar surface area (TPSA) is 63.3 Å². The third kappa shape index (κ3) is 2.28. The minimum Gasteiger partial charge on any atom is -0.476 e. The summed E-state index contributed by atoms with van der Waals surface area (Å²) < 4.78 is 6.09. The number of thiazole rings is 1. The highest BCUT2D eigenvalue weighted by Crippen LogP contribution is 2.38. The summed E-state index contributed by atoms with van der Waals surface area (Å²) in [5.74, 6) is -0.506. The van der Waals surface area contributed by atoms with E-state index in [0.29, 0.717) is 15.6 Å². The summed E-state index contributed by atoms with van der Waals surface area (Å²) in [6.45, 7) is 0. The van der Waals surface area contributed by atoms with Crippen molar-refractivity contribution in [2.24, 2.45) is 0 Å². The van der Waals surface area contributed by atoms with E-state index in [1.54, 1.807) is 6.07 Å². The summed E-state index contributed by atoms with van der Waals surface area (Å²) in [6.07, 6.45) is 1.53. The van der Waals surface area contributed by atoms with Crippen LogP contribution in [0, 0.1) is 0 Å². The Hall–Kier alpha value is -1.92. The van der Waals surface area contributed by atoms with Crippen LogP contribution in [0.25, 0.3) is 21.2 Å².